The van der Waals surface area contributed by atoms with Gasteiger partial charge in [0.05, 0.1) is 13.2 Å². The number of aromatic nitrogens is 2. The van der Waals surface area contributed by atoms with Crippen molar-refractivity contribution in [2.45, 2.75) is 6.54 Å². The van der Waals surface area contributed by atoms with Crippen molar-refractivity contribution in [2.24, 2.45) is 0 Å². The van der Waals surface area contributed by atoms with Gasteiger partial charge in [0.1, 0.15) is 5.75 Å². The molecule has 0 spiro atoms. The van der Waals surface area contributed by atoms with Crippen LogP contribution in [0.1, 0.15) is 5.56 Å². The van der Waals surface area contributed by atoms with E-state index in [2.05, 4.69) is 27.2 Å². The molecule has 6 nitrogen and oxygen atoms in total. The number of phenols is 1. The highest BCUT2D eigenvalue weighted by Crippen LogP contribution is 2.24. The van der Waals surface area contributed by atoms with Gasteiger partial charge in [-0.05, 0) is 42.0 Å². The van der Waals surface area contributed by atoms with E-state index in [1.807, 2.05) is 12.1 Å². The van der Waals surface area contributed by atoms with Crippen molar-refractivity contribution in [3.05, 3.63) is 54.1 Å². The number of benzene rings is 2. The zero-order valence-corrected chi connectivity index (χ0v) is 13.8. The maximum atomic E-state index is 9.38. The Labute approximate surface area is 145 Å². The summed E-state index contributed by atoms with van der Waals surface area (Å²) in [5.74, 6) is 1.21. The van der Waals surface area contributed by atoms with Crippen molar-refractivity contribution in [2.75, 3.05) is 26.3 Å². The molecule has 0 saturated carbocycles. The summed E-state index contributed by atoms with van der Waals surface area (Å²) >= 11 is 0. The molecule has 2 heterocycles. The van der Waals surface area contributed by atoms with Crippen LogP contribution in [0.3, 0.4) is 0 Å². The smallest absolute Gasteiger partial charge is 0.258 e. The molecule has 0 aliphatic carbocycles. The number of aromatic hydroxyl groups is 1. The third kappa shape index (κ3) is 3.70. The van der Waals surface area contributed by atoms with Gasteiger partial charge in [-0.25, -0.2) is 0 Å². The summed E-state index contributed by atoms with van der Waals surface area (Å²) in [7, 11) is 0. The fourth-order valence-corrected chi connectivity index (χ4v) is 2.89. The standard InChI is InChI=1S/C19H19N3O3/c23-17-6-4-15(5-7-17)18-20-19(25-21-18)16-3-1-2-14(12-16)13-22-8-10-24-11-9-22/h1-7,12,23H,8-11,13H2. The summed E-state index contributed by atoms with van der Waals surface area (Å²) in [6.07, 6.45) is 0. The first kappa shape index (κ1) is 15.8. The quantitative estimate of drug-likeness (QED) is 0.789. The molecule has 6 heteroatoms. The zero-order valence-electron chi connectivity index (χ0n) is 13.8. The van der Waals surface area contributed by atoms with Crippen LogP contribution < -0.4 is 0 Å². The number of hydrogen-bond acceptors (Lipinski definition) is 6. The van der Waals surface area contributed by atoms with E-state index in [1.54, 1.807) is 24.3 Å². The topological polar surface area (TPSA) is 71.6 Å². The monoisotopic (exact) mass is 337 g/mol. The van der Waals surface area contributed by atoms with Crippen LogP contribution in [-0.4, -0.2) is 46.5 Å². The average Bonchev–Trinajstić information content (AvgIpc) is 3.14. The first-order valence-corrected chi connectivity index (χ1v) is 8.30. The molecular formula is C19H19N3O3. The highest BCUT2D eigenvalue weighted by molar-refractivity contribution is 5.60. The maximum Gasteiger partial charge on any atom is 0.258 e. The predicted octanol–water partition coefficient (Wildman–Crippen LogP) is 2.94. The van der Waals surface area contributed by atoms with Crippen molar-refractivity contribution in [1.82, 2.24) is 15.0 Å². The average molecular weight is 337 g/mol. The molecule has 0 amide bonds. The van der Waals surface area contributed by atoms with Crippen LogP contribution in [0.15, 0.2) is 53.1 Å². The molecule has 0 radical (unpaired) electrons. The molecule has 1 aromatic heterocycles. The van der Waals surface area contributed by atoms with Crippen molar-refractivity contribution >= 4 is 0 Å². The van der Waals surface area contributed by atoms with E-state index >= 15 is 0 Å². The Morgan fingerprint density at radius 3 is 2.60 bits per heavy atom. The van der Waals surface area contributed by atoms with Crippen LogP contribution in [0.4, 0.5) is 0 Å². The lowest BCUT2D eigenvalue weighted by molar-refractivity contribution is 0.0342. The molecule has 128 valence electrons. The number of nitrogens with zero attached hydrogens (tertiary/aromatic N) is 3. The Morgan fingerprint density at radius 1 is 1.00 bits per heavy atom. The minimum Gasteiger partial charge on any atom is -0.508 e. The summed E-state index contributed by atoms with van der Waals surface area (Å²) in [5, 5.41) is 13.4. The summed E-state index contributed by atoms with van der Waals surface area (Å²) in [6, 6.07) is 14.9. The highest BCUT2D eigenvalue weighted by Gasteiger charge is 2.13. The Balaban J connectivity index is 1.53. The van der Waals surface area contributed by atoms with E-state index in [-0.39, 0.29) is 5.75 Å². The first-order valence-electron chi connectivity index (χ1n) is 8.30. The van der Waals surface area contributed by atoms with Crippen LogP contribution >= 0.6 is 0 Å². The van der Waals surface area contributed by atoms with E-state index in [0.29, 0.717) is 11.7 Å². The summed E-state index contributed by atoms with van der Waals surface area (Å²) in [4.78, 5) is 6.85. The minimum atomic E-state index is 0.211. The van der Waals surface area contributed by atoms with Gasteiger partial charge in [-0.2, -0.15) is 4.98 Å². The number of rotatable bonds is 4. The van der Waals surface area contributed by atoms with Crippen LogP contribution in [0.25, 0.3) is 22.8 Å². The summed E-state index contributed by atoms with van der Waals surface area (Å²) in [6.45, 7) is 4.38. The Kier molecular flexibility index (Phi) is 4.45. The third-order valence-corrected chi connectivity index (χ3v) is 4.24. The van der Waals surface area contributed by atoms with Crippen LogP contribution in [-0.2, 0) is 11.3 Å². The lowest BCUT2D eigenvalue weighted by Crippen LogP contribution is -2.35. The molecule has 0 bridgehead atoms. The summed E-state index contributed by atoms with van der Waals surface area (Å²) < 4.78 is 10.8. The van der Waals surface area contributed by atoms with Crippen molar-refractivity contribution in [3.8, 4) is 28.6 Å². The Bertz CT molecular complexity index is 839. The van der Waals surface area contributed by atoms with Gasteiger partial charge in [-0.15, -0.1) is 0 Å². The molecular weight excluding hydrogens is 318 g/mol. The normalized spacial score (nSPS) is 15.4. The largest absolute Gasteiger partial charge is 0.508 e. The fraction of sp³-hybridized carbons (Fsp3) is 0.263. The molecule has 25 heavy (non-hydrogen) atoms. The number of ether oxygens (including phenoxy) is 1. The second kappa shape index (κ2) is 7.04. The minimum absolute atomic E-state index is 0.211. The van der Waals surface area contributed by atoms with Crippen molar-refractivity contribution in [1.29, 1.82) is 0 Å². The van der Waals surface area contributed by atoms with Gasteiger partial charge in [-0.3, -0.25) is 4.90 Å². The van der Waals surface area contributed by atoms with Gasteiger partial charge < -0.3 is 14.4 Å². The lowest BCUT2D eigenvalue weighted by Gasteiger charge is -2.26. The summed E-state index contributed by atoms with van der Waals surface area (Å²) in [5.41, 5.74) is 2.92. The van der Waals surface area contributed by atoms with Gasteiger partial charge in [0, 0.05) is 30.8 Å². The number of phenolic OH excluding ortho intramolecular Hbond substituents is 1. The van der Waals surface area contributed by atoms with E-state index < -0.39 is 0 Å². The number of morpholine rings is 1. The van der Waals surface area contributed by atoms with Crippen LogP contribution in [0.5, 0.6) is 5.75 Å². The van der Waals surface area contributed by atoms with E-state index in [0.717, 1.165) is 44.0 Å². The molecule has 0 atom stereocenters. The van der Waals surface area contributed by atoms with E-state index in [4.69, 9.17) is 9.26 Å². The number of hydrogen-bond donors (Lipinski definition) is 1. The Hall–Kier alpha value is -2.70. The second-order valence-electron chi connectivity index (χ2n) is 6.06. The van der Waals surface area contributed by atoms with Crippen LogP contribution in [0, 0.1) is 0 Å². The van der Waals surface area contributed by atoms with Crippen molar-refractivity contribution in [3.63, 3.8) is 0 Å². The second-order valence-corrected chi connectivity index (χ2v) is 6.06. The Morgan fingerprint density at radius 2 is 1.80 bits per heavy atom. The maximum absolute atomic E-state index is 9.38. The molecule has 1 aliphatic rings. The highest BCUT2D eigenvalue weighted by atomic mass is 16.5. The molecule has 0 unspecified atom stereocenters. The van der Waals surface area contributed by atoms with Gasteiger partial charge in [0.25, 0.3) is 5.89 Å². The predicted molar refractivity (Wildman–Crippen MR) is 92.9 cm³/mol. The molecule has 3 aromatic rings. The molecule has 1 fully saturated rings. The molecule has 1 aliphatic heterocycles. The fourth-order valence-electron chi connectivity index (χ4n) is 2.89. The van der Waals surface area contributed by atoms with Gasteiger partial charge >= 0.3 is 0 Å². The van der Waals surface area contributed by atoms with Gasteiger partial charge in [0.15, 0.2) is 0 Å². The molecule has 4 rings (SSSR count). The third-order valence-electron chi connectivity index (χ3n) is 4.24. The molecule has 2 aromatic carbocycles. The molecule has 1 N–H and O–H groups in total. The lowest BCUT2D eigenvalue weighted by atomic mass is 10.1. The van der Waals surface area contributed by atoms with Gasteiger partial charge in [0.2, 0.25) is 5.82 Å². The van der Waals surface area contributed by atoms with Crippen molar-refractivity contribution < 1.29 is 14.4 Å². The van der Waals surface area contributed by atoms with E-state index in [1.165, 1.54) is 5.56 Å². The molecule has 1 saturated heterocycles. The van der Waals surface area contributed by atoms with E-state index in [9.17, 15) is 5.11 Å². The zero-order chi connectivity index (χ0) is 17.1. The SMILES string of the molecule is Oc1ccc(-c2noc(-c3cccc(CN4CCOCC4)c3)n2)cc1. The first-order chi connectivity index (χ1) is 12.3. The van der Waals surface area contributed by atoms with Gasteiger partial charge in [-0.1, -0.05) is 17.3 Å². The van der Waals surface area contributed by atoms with Crippen LogP contribution in [0.2, 0.25) is 0 Å².